The molecule has 0 spiro atoms. The van der Waals surface area contributed by atoms with Gasteiger partial charge in [0.05, 0.1) is 0 Å². The van der Waals surface area contributed by atoms with E-state index in [0.29, 0.717) is 13.0 Å². The molecule has 4 amide bonds. The summed E-state index contributed by atoms with van der Waals surface area (Å²) >= 11 is 0. The molecule has 0 aromatic heterocycles. The first-order chi connectivity index (χ1) is 9.93. The smallest absolute Gasteiger partial charge is 0.303 e. The molecule has 2 heterocycles. The number of nitrogens with one attached hydrogen (secondary N) is 1. The number of carbonyl (C=O) groups is 3. The van der Waals surface area contributed by atoms with Gasteiger partial charge in [-0.05, 0) is 20.5 Å². The quantitative estimate of drug-likeness (QED) is 0.723. The van der Waals surface area contributed by atoms with E-state index in [4.69, 9.17) is 0 Å². The van der Waals surface area contributed by atoms with Gasteiger partial charge in [-0.15, -0.1) is 0 Å². The van der Waals surface area contributed by atoms with Gasteiger partial charge in [-0.25, -0.2) is 4.79 Å². The number of imide groups is 2. The van der Waals surface area contributed by atoms with Gasteiger partial charge in [0.1, 0.15) is 5.92 Å². The number of urea groups is 1. The summed E-state index contributed by atoms with van der Waals surface area (Å²) in [4.78, 5) is 41.7. The van der Waals surface area contributed by atoms with Crippen LogP contribution in [0.25, 0.3) is 0 Å². The van der Waals surface area contributed by atoms with E-state index < -0.39 is 17.9 Å². The molecule has 21 heavy (non-hydrogen) atoms. The molecule has 118 valence electrons. The lowest BCUT2D eigenvalue weighted by atomic mass is 9.98. The highest BCUT2D eigenvalue weighted by Gasteiger charge is 2.41. The van der Waals surface area contributed by atoms with Crippen LogP contribution in [0.2, 0.25) is 0 Å². The molecule has 2 aliphatic rings. The zero-order chi connectivity index (χ0) is 15.6. The van der Waals surface area contributed by atoms with Crippen LogP contribution in [-0.2, 0) is 9.59 Å². The van der Waals surface area contributed by atoms with E-state index in [9.17, 15) is 14.4 Å². The molecule has 2 aliphatic heterocycles. The fraction of sp³-hybridized carbons (Fsp3) is 0.786. The van der Waals surface area contributed by atoms with Crippen LogP contribution in [0.5, 0.6) is 0 Å². The molecule has 2 atom stereocenters. The van der Waals surface area contributed by atoms with Gasteiger partial charge < -0.3 is 4.90 Å². The third-order valence-electron chi connectivity index (χ3n) is 4.31. The second-order valence-corrected chi connectivity index (χ2v) is 5.98. The summed E-state index contributed by atoms with van der Waals surface area (Å²) in [6, 6.07) is -0.479. The molecule has 2 unspecified atom stereocenters. The first-order valence-corrected chi connectivity index (χ1v) is 7.49. The van der Waals surface area contributed by atoms with Crippen LogP contribution in [-0.4, -0.2) is 78.9 Å². The van der Waals surface area contributed by atoms with Crippen molar-refractivity contribution >= 4 is 17.8 Å². The summed E-state index contributed by atoms with van der Waals surface area (Å²) in [7, 11) is 4.03. The molecule has 1 N–H and O–H groups in total. The van der Waals surface area contributed by atoms with E-state index in [2.05, 4.69) is 15.1 Å². The van der Waals surface area contributed by atoms with Crippen molar-refractivity contribution in [3.05, 3.63) is 0 Å². The van der Waals surface area contributed by atoms with Crippen molar-refractivity contribution in [1.82, 2.24) is 20.0 Å². The maximum Gasteiger partial charge on any atom is 0.330 e. The molecule has 0 saturated carbocycles. The number of nitrogens with zero attached hydrogens (tertiary/aromatic N) is 3. The topological polar surface area (TPSA) is 73.0 Å². The molecule has 2 rings (SSSR count). The van der Waals surface area contributed by atoms with E-state index in [0.717, 1.165) is 26.1 Å². The van der Waals surface area contributed by atoms with Crippen LogP contribution in [0.3, 0.4) is 0 Å². The van der Waals surface area contributed by atoms with Gasteiger partial charge in [0.25, 0.3) is 0 Å². The second kappa shape index (κ2) is 6.53. The number of rotatable bonds is 4. The van der Waals surface area contributed by atoms with E-state index in [1.54, 1.807) is 0 Å². The summed E-state index contributed by atoms with van der Waals surface area (Å²) < 4.78 is 0. The summed E-state index contributed by atoms with van der Waals surface area (Å²) in [5, 5.41) is 2.31. The van der Waals surface area contributed by atoms with Crippen LogP contribution >= 0.6 is 0 Å². The fourth-order valence-electron chi connectivity index (χ4n) is 2.89. The Kier molecular flexibility index (Phi) is 4.95. The lowest BCUT2D eigenvalue weighted by Crippen LogP contribution is -2.62. The Morgan fingerprint density at radius 1 is 1.19 bits per heavy atom. The molecule has 2 fully saturated rings. The number of hydrogen-bond donors (Lipinski definition) is 1. The first-order valence-electron chi connectivity index (χ1n) is 7.49. The van der Waals surface area contributed by atoms with Crippen LogP contribution in [0.1, 0.15) is 19.8 Å². The number of piperazine rings is 1. The Hall–Kier alpha value is -1.47. The summed E-state index contributed by atoms with van der Waals surface area (Å²) in [6.45, 7) is 4.94. The zero-order valence-corrected chi connectivity index (χ0v) is 13.0. The Balaban J connectivity index is 2.08. The molecule has 0 aromatic carbocycles. The molecule has 0 bridgehead atoms. The second-order valence-electron chi connectivity index (χ2n) is 5.98. The van der Waals surface area contributed by atoms with Gasteiger partial charge in [0.15, 0.2) is 0 Å². The lowest BCUT2D eigenvalue weighted by molar-refractivity contribution is -0.143. The van der Waals surface area contributed by atoms with Gasteiger partial charge >= 0.3 is 6.03 Å². The molecule has 0 radical (unpaired) electrons. The van der Waals surface area contributed by atoms with Crippen molar-refractivity contribution in [1.29, 1.82) is 0 Å². The normalized spacial score (nSPS) is 28.9. The number of carbonyl (C=O) groups excluding carboxylic acids is 3. The van der Waals surface area contributed by atoms with Crippen LogP contribution < -0.4 is 5.32 Å². The number of hydrogen-bond acceptors (Lipinski definition) is 5. The minimum absolute atomic E-state index is 0.105. The Morgan fingerprint density at radius 2 is 1.90 bits per heavy atom. The zero-order valence-electron chi connectivity index (χ0n) is 13.0. The molecule has 0 aliphatic carbocycles. The SMILES string of the molecule is CCCC1C(=O)NC(=O)N(CC2CN(C)CCN2C)C1=O. The Labute approximate surface area is 125 Å². The van der Waals surface area contributed by atoms with Crippen LogP contribution in [0.15, 0.2) is 0 Å². The van der Waals surface area contributed by atoms with E-state index >= 15 is 0 Å². The fourth-order valence-corrected chi connectivity index (χ4v) is 2.89. The van der Waals surface area contributed by atoms with Crippen molar-refractivity contribution < 1.29 is 14.4 Å². The van der Waals surface area contributed by atoms with Crippen molar-refractivity contribution in [2.75, 3.05) is 40.3 Å². The van der Waals surface area contributed by atoms with E-state index in [1.807, 2.05) is 21.0 Å². The van der Waals surface area contributed by atoms with Gasteiger partial charge in [-0.2, -0.15) is 0 Å². The van der Waals surface area contributed by atoms with Crippen molar-refractivity contribution in [2.24, 2.45) is 5.92 Å². The minimum atomic E-state index is -0.723. The van der Waals surface area contributed by atoms with Crippen molar-refractivity contribution in [3.8, 4) is 0 Å². The van der Waals surface area contributed by atoms with E-state index in [-0.39, 0.29) is 11.9 Å². The minimum Gasteiger partial charge on any atom is -0.303 e. The molecule has 7 nitrogen and oxygen atoms in total. The first kappa shape index (κ1) is 15.9. The number of barbiturate groups is 1. The highest BCUT2D eigenvalue weighted by Crippen LogP contribution is 2.18. The average molecular weight is 296 g/mol. The van der Waals surface area contributed by atoms with Crippen molar-refractivity contribution in [2.45, 2.75) is 25.8 Å². The maximum absolute atomic E-state index is 12.4. The Morgan fingerprint density at radius 3 is 2.57 bits per heavy atom. The molecular formula is C14H24N4O3. The predicted molar refractivity (Wildman–Crippen MR) is 77.6 cm³/mol. The molecule has 0 aromatic rings. The highest BCUT2D eigenvalue weighted by molar-refractivity contribution is 6.16. The van der Waals surface area contributed by atoms with Crippen molar-refractivity contribution in [3.63, 3.8) is 0 Å². The maximum atomic E-state index is 12.4. The van der Waals surface area contributed by atoms with E-state index in [1.165, 1.54) is 4.90 Å². The number of likely N-dealkylation sites (N-methyl/N-ethyl adjacent to an activating group) is 2. The standard InChI is InChI=1S/C14H24N4O3/c1-4-5-11-12(19)15-14(21)18(13(11)20)9-10-8-16(2)6-7-17(10)3/h10-11H,4-9H2,1-3H3,(H,15,19,21). The third kappa shape index (κ3) is 3.41. The van der Waals surface area contributed by atoms with Gasteiger partial charge in [0.2, 0.25) is 11.8 Å². The monoisotopic (exact) mass is 296 g/mol. The van der Waals surface area contributed by atoms with Gasteiger partial charge in [-0.1, -0.05) is 13.3 Å². The Bertz CT molecular complexity index is 440. The summed E-state index contributed by atoms with van der Waals surface area (Å²) in [5.41, 5.74) is 0. The third-order valence-corrected chi connectivity index (χ3v) is 4.31. The molecular weight excluding hydrogens is 272 g/mol. The molecule has 2 saturated heterocycles. The number of amides is 4. The largest absolute Gasteiger partial charge is 0.330 e. The average Bonchev–Trinajstić information content (AvgIpc) is 2.43. The highest BCUT2D eigenvalue weighted by atomic mass is 16.2. The van der Waals surface area contributed by atoms with Gasteiger partial charge in [0, 0.05) is 32.2 Å². The summed E-state index contributed by atoms with van der Waals surface area (Å²) in [6.07, 6.45) is 1.22. The van der Waals surface area contributed by atoms with Crippen LogP contribution in [0.4, 0.5) is 4.79 Å². The van der Waals surface area contributed by atoms with Gasteiger partial charge in [-0.3, -0.25) is 24.7 Å². The lowest BCUT2D eigenvalue weighted by Gasteiger charge is -2.41. The molecule has 7 heteroatoms. The summed E-state index contributed by atoms with van der Waals surface area (Å²) in [5.74, 6) is -1.54. The predicted octanol–water partition coefficient (Wildman–Crippen LogP) is -0.273. The van der Waals surface area contributed by atoms with Crippen LogP contribution in [0, 0.1) is 5.92 Å².